The summed E-state index contributed by atoms with van der Waals surface area (Å²) in [5.74, 6) is -1.05. The number of rotatable bonds is 8. The largest absolute Gasteiger partial charge is 0.479 e. The maximum atomic E-state index is 11.9. The van der Waals surface area contributed by atoms with Crippen molar-refractivity contribution in [2.75, 3.05) is 26.7 Å². The molecule has 0 amide bonds. The van der Waals surface area contributed by atoms with Gasteiger partial charge in [0.25, 0.3) is 6.43 Å². The second-order valence-corrected chi connectivity index (χ2v) is 3.22. The third-order valence-corrected chi connectivity index (χ3v) is 1.87. The van der Waals surface area contributed by atoms with Gasteiger partial charge in [0.05, 0.1) is 6.54 Å². The minimum Gasteiger partial charge on any atom is -0.479 e. The summed E-state index contributed by atoms with van der Waals surface area (Å²) in [5, 5.41) is 8.71. The van der Waals surface area contributed by atoms with Gasteiger partial charge in [-0.05, 0) is 20.4 Å². The standard InChI is InChI=1S/C9H17F2NO3/c1-3-15-7(9(13)14)4-5-12(2)6-8(10)11/h7-8H,3-6H2,1-2H3,(H,13,14). The molecule has 0 fully saturated rings. The van der Waals surface area contributed by atoms with Gasteiger partial charge in [-0.3, -0.25) is 0 Å². The summed E-state index contributed by atoms with van der Waals surface area (Å²) >= 11 is 0. The van der Waals surface area contributed by atoms with Gasteiger partial charge in [0.2, 0.25) is 0 Å². The molecule has 90 valence electrons. The minimum atomic E-state index is -2.40. The molecule has 0 bridgehead atoms. The van der Waals surface area contributed by atoms with E-state index in [2.05, 4.69) is 0 Å². The van der Waals surface area contributed by atoms with Gasteiger partial charge in [-0.1, -0.05) is 0 Å². The monoisotopic (exact) mass is 225 g/mol. The average molecular weight is 225 g/mol. The molecule has 1 unspecified atom stereocenters. The van der Waals surface area contributed by atoms with Gasteiger partial charge in [0.15, 0.2) is 6.10 Å². The van der Waals surface area contributed by atoms with E-state index in [1.54, 1.807) is 6.92 Å². The number of carboxylic acids is 1. The van der Waals surface area contributed by atoms with Crippen LogP contribution in [0.15, 0.2) is 0 Å². The van der Waals surface area contributed by atoms with E-state index in [-0.39, 0.29) is 19.5 Å². The summed E-state index contributed by atoms with van der Waals surface area (Å²) < 4.78 is 28.8. The molecule has 4 nitrogen and oxygen atoms in total. The summed E-state index contributed by atoms with van der Waals surface area (Å²) in [6, 6.07) is 0. The van der Waals surface area contributed by atoms with Gasteiger partial charge in [-0.25, -0.2) is 13.6 Å². The number of halogens is 2. The quantitative estimate of drug-likeness (QED) is 0.671. The first kappa shape index (κ1) is 14.2. The lowest BCUT2D eigenvalue weighted by molar-refractivity contribution is -0.150. The summed E-state index contributed by atoms with van der Waals surface area (Å²) in [4.78, 5) is 12.0. The minimum absolute atomic E-state index is 0.215. The molecule has 6 heteroatoms. The van der Waals surface area contributed by atoms with E-state index in [1.165, 1.54) is 11.9 Å². The Morgan fingerprint density at radius 3 is 2.53 bits per heavy atom. The molecular weight excluding hydrogens is 208 g/mol. The number of aliphatic carboxylic acids is 1. The van der Waals surface area contributed by atoms with Gasteiger partial charge >= 0.3 is 5.97 Å². The number of hydrogen-bond acceptors (Lipinski definition) is 3. The van der Waals surface area contributed by atoms with Gasteiger partial charge in [0, 0.05) is 13.2 Å². The van der Waals surface area contributed by atoms with Crippen LogP contribution in [-0.4, -0.2) is 55.2 Å². The summed E-state index contributed by atoms with van der Waals surface area (Å²) in [5.41, 5.74) is 0. The molecular formula is C9H17F2NO3. The smallest absolute Gasteiger partial charge is 0.332 e. The molecule has 0 aliphatic rings. The third kappa shape index (κ3) is 7.21. The molecule has 0 radical (unpaired) electrons. The van der Waals surface area contributed by atoms with Crippen molar-refractivity contribution in [2.45, 2.75) is 25.9 Å². The molecule has 0 aliphatic heterocycles. The lowest BCUT2D eigenvalue weighted by atomic mass is 10.2. The Morgan fingerprint density at radius 2 is 2.13 bits per heavy atom. The highest BCUT2D eigenvalue weighted by Crippen LogP contribution is 2.02. The molecule has 0 spiro atoms. The molecule has 0 aromatic carbocycles. The van der Waals surface area contributed by atoms with Gasteiger partial charge in [0.1, 0.15) is 0 Å². The van der Waals surface area contributed by atoms with Gasteiger partial charge in [-0.15, -0.1) is 0 Å². The van der Waals surface area contributed by atoms with E-state index in [9.17, 15) is 13.6 Å². The first-order valence-corrected chi connectivity index (χ1v) is 4.78. The van der Waals surface area contributed by atoms with Crippen LogP contribution in [-0.2, 0) is 9.53 Å². The van der Waals surface area contributed by atoms with E-state index >= 15 is 0 Å². The van der Waals surface area contributed by atoms with Crippen LogP contribution in [0.25, 0.3) is 0 Å². The Hall–Kier alpha value is -0.750. The van der Waals surface area contributed by atoms with E-state index in [0.717, 1.165) is 0 Å². The van der Waals surface area contributed by atoms with Crippen LogP contribution in [0.3, 0.4) is 0 Å². The number of hydrogen-bond donors (Lipinski definition) is 1. The Balaban J connectivity index is 3.83. The predicted molar refractivity (Wildman–Crippen MR) is 51.2 cm³/mol. The Bertz CT molecular complexity index is 190. The van der Waals surface area contributed by atoms with E-state index in [1.807, 2.05) is 0 Å². The van der Waals surface area contributed by atoms with Crippen LogP contribution in [0.5, 0.6) is 0 Å². The molecule has 15 heavy (non-hydrogen) atoms. The zero-order chi connectivity index (χ0) is 11.8. The summed E-state index contributed by atoms with van der Waals surface area (Å²) in [6.45, 7) is 1.92. The SMILES string of the molecule is CCOC(CCN(C)CC(F)F)C(=O)O. The molecule has 0 rings (SSSR count). The van der Waals surface area contributed by atoms with E-state index in [4.69, 9.17) is 9.84 Å². The van der Waals surface area contributed by atoms with E-state index in [0.29, 0.717) is 6.61 Å². The Labute approximate surface area is 87.8 Å². The lowest BCUT2D eigenvalue weighted by Crippen LogP contribution is -2.32. The number of carboxylic acid groups (broad SMARTS) is 1. The number of carbonyl (C=O) groups is 1. The molecule has 0 aromatic heterocycles. The molecule has 1 N–H and O–H groups in total. The fourth-order valence-corrected chi connectivity index (χ4v) is 1.14. The number of alkyl halides is 2. The van der Waals surface area contributed by atoms with Crippen molar-refractivity contribution < 1.29 is 23.4 Å². The topological polar surface area (TPSA) is 49.8 Å². The highest BCUT2D eigenvalue weighted by Gasteiger charge is 2.18. The maximum absolute atomic E-state index is 11.9. The van der Waals surface area contributed by atoms with Crippen molar-refractivity contribution in [2.24, 2.45) is 0 Å². The van der Waals surface area contributed by atoms with E-state index < -0.39 is 18.5 Å². The second kappa shape index (κ2) is 7.53. The van der Waals surface area contributed by atoms with Crippen molar-refractivity contribution in [1.29, 1.82) is 0 Å². The van der Waals surface area contributed by atoms with Gasteiger partial charge < -0.3 is 14.7 Å². The number of nitrogens with zero attached hydrogens (tertiary/aromatic N) is 1. The first-order valence-electron chi connectivity index (χ1n) is 4.78. The van der Waals surface area contributed by atoms with Crippen molar-refractivity contribution in [1.82, 2.24) is 4.90 Å². The van der Waals surface area contributed by atoms with Crippen LogP contribution in [0.4, 0.5) is 8.78 Å². The summed E-state index contributed by atoms with van der Waals surface area (Å²) in [7, 11) is 1.52. The molecule has 0 aromatic rings. The highest BCUT2D eigenvalue weighted by atomic mass is 19.3. The molecule has 0 heterocycles. The van der Waals surface area contributed by atoms with Crippen LogP contribution in [0.1, 0.15) is 13.3 Å². The first-order chi connectivity index (χ1) is 6.97. The van der Waals surface area contributed by atoms with Crippen molar-refractivity contribution in [3.63, 3.8) is 0 Å². The fourth-order valence-electron chi connectivity index (χ4n) is 1.14. The fraction of sp³-hybridized carbons (Fsp3) is 0.889. The maximum Gasteiger partial charge on any atom is 0.332 e. The number of ether oxygens (including phenoxy) is 1. The molecule has 1 atom stereocenters. The van der Waals surface area contributed by atoms with Crippen molar-refractivity contribution >= 4 is 5.97 Å². The Kier molecular flexibility index (Phi) is 7.15. The van der Waals surface area contributed by atoms with Crippen LogP contribution < -0.4 is 0 Å². The highest BCUT2D eigenvalue weighted by molar-refractivity contribution is 5.72. The summed E-state index contributed by atoms with van der Waals surface area (Å²) in [6.07, 6.45) is -3.09. The van der Waals surface area contributed by atoms with Crippen LogP contribution in [0.2, 0.25) is 0 Å². The Morgan fingerprint density at radius 1 is 1.53 bits per heavy atom. The van der Waals surface area contributed by atoms with Crippen molar-refractivity contribution in [3.05, 3.63) is 0 Å². The predicted octanol–water partition coefficient (Wildman–Crippen LogP) is 1.06. The normalized spacial score (nSPS) is 13.5. The van der Waals surface area contributed by atoms with Gasteiger partial charge in [-0.2, -0.15) is 0 Å². The molecule has 0 saturated heterocycles. The second-order valence-electron chi connectivity index (χ2n) is 3.22. The lowest BCUT2D eigenvalue weighted by Gasteiger charge is -2.18. The molecule has 0 saturated carbocycles. The average Bonchev–Trinajstić information content (AvgIpc) is 2.10. The van der Waals surface area contributed by atoms with Crippen LogP contribution >= 0.6 is 0 Å². The van der Waals surface area contributed by atoms with Crippen molar-refractivity contribution in [3.8, 4) is 0 Å². The van der Waals surface area contributed by atoms with Crippen LogP contribution in [0, 0.1) is 0 Å². The third-order valence-electron chi connectivity index (χ3n) is 1.87. The zero-order valence-electron chi connectivity index (χ0n) is 8.95. The molecule has 0 aliphatic carbocycles. The zero-order valence-corrected chi connectivity index (χ0v) is 8.95.